The van der Waals surface area contributed by atoms with Crippen LogP contribution in [0.3, 0.4) is 0 Å². The van der Waals surface area contributed by atoms with E-state index in [4.69, 9.17) is 9.47 Å². The Labute approximate surface area is 135 Å². The number of nitrogens with one attached hydrogen (secondary N) is 1. The topological polar surface area (TPSA) is 84.9 Å². The molecule has 1 amide bonds. The van der Waals surface area contributed by atoms with Gasteiger partial charge in [-0.2, -0.15) is 0 Å². The minimum atomic E-state index is -1.02. The zero-order valence-corrected chi connectivity index (χ0v) is 13.7. The van der Waals surface area contributed by atoms with Crippen LogP contribution in [0.15, 0.2) is 18.2 Å². The molecule has 126 valence electrons. The van der Waals surface area contributed by atoms with Crippen LogP contribution in [0.2, 0.25) is 0 Å². The van der Waals surface area contributed by atoms with Gasteiger partial charge in [-0.15, -0.1) is 0 Å². The lowest BCUT2D eigenvalue weighted by atomic mass is 9.83. The summed E-state index contributed by atoms with van der Waals surface area (Å²) >= 11 is 0. The van der Waals surface area contributed by atoms with Gasteiger partial charge < -0.3 is 19.9 Å². The fraction of sp³-hybridized carbons (Fsp3) is 0.529. The first-order valence-corrected chi connectivity index (χ1v) is 7.80. The highest BCUT2D eigenvalue weighted by molar-refractivity contribution is 5.91. The van der Waals surface area contributed by atoms with Crippen LogP contribution < -0.4 is 14.8 Å². The summed E-state index contributed by atoms with van der Waals surface area (Å²) in [7, 11) is 0. The number of hydrogen-bond donors (Lipinski definition) is 2. The average Bonchev–Trinajstić information content (AvgIpc) is 2.53. The van der Waals surface area contributed by atoms with Crippen LogP contribution >= 0.6 is 0 Å². The monoisotopic (exact) mass is 321 g/mol. The Kier molecular flexibility index (Phi) is 5.13. The van der Waals surface area contributed by atoms with Crippen molar-refractivity contribution in [3.05, 3.63) is 23.8 Å². The van der Waals surface area contributed by atoms with E-state index in [0.29, 0.717) is 37.6 Å². The number of carbonyl (C=O) groups is 2. The maximum Gasteiger partial charge on any atom is 0.326 e. The van der Waals surface area contributed by atoms with Gasteiger partial charge in [0, 0.05) is 0 Å². The zero-order chi connectivity index (χ0) is 17.0. The predicted octanol–water partition coefficient (Wildman–Crippen LogP) is 2.10. The molecule has 0 saturated carbocycles. The van der Waals surface area contributed by atoms with Crippen molar-refractivity contribution >= 4 is 11.9 Å². The smallest absolute Gasteiger partial charge is 0.326 e. The summed E-state index contributed by atoms with van der Waals surface area (Å²) < 4.78 is 11.0. The number of benzene rings is 1. The highest BCUT2D eigenvalue weighted by atomic mass is 16.6. The summed E-state index contributed by atoms with van der Waals surface area (Å²) in [5.74, 6) is -0.0724. The number of ether oxygens (including phenoxy) is 2. The van der Waals surface area contributed by atoms with Gasteiger partial charge in [0.1, 0.15) is 19.3 Å². The van der Waals surface area contributed by atoms with Gasteiger partial charge in [-0.3, -0.25) is 4.79 Å². The summed E-state index contributed by atoms with van der Waals surface area (Å²) in [6.07, 6.45) is 1.08. The van der Waals surface area contributed by atoms with Gasteiger partial charge in [-0.25, -0.2) is 4.79 Å². The van der Waals surface area contributed by atoms with Gasteiger partial charge in [0.05, 0.1) is 5.41 Å². The minimum absolute atomic E-state index is 0.324. The molecule has 0 spiro atoms. The van der Waals surface area contributed by atoms with Gasteiger partial charge in [-0.1, -0.05) is 19.4 Å². The van der Waals surface area contributed by atoms with E-state index in [1.165, 1.54) is 0 Å². The molecule has 1 aromatic rings. The van der Waals surface area contributed by atoms with Crippen LogP contribution in [0.1, 0.15) is 39.2 Å². The SMILES string of the molecule is CCCC(NC(=O)C(C)(C)c1ccc2c(c1)OCCO2)C(=O)O. The molecule has 23 heavy (non-hydrogen) atoms. The van der Waals surface area contributed by atoms with Crippen LogP contribution in [0.4, 0.5) is 0 Å². The third-order valence-electron chi connectivity index (χ3n) is 4.01. The molecule has 2 N–H and O–H groups in total. The molecule has 0 radical (unpaired) electrons. The van der Waals surface area contributed by atoms with Crippen LogP contribution in [0.25, 0.3) is 0 Å². The fourth-order valence-electron chi connectivity index (χ4n) is 2.45. The van der Waals surface area contributed by atoms with Crippen molar-refractivity contribution in [2.45, 2.75) is 45.1 Å². The van der Waals surface area contributed by atoms with E-state index in [9.17, 15) is 14.7 Å². The first kappa shape index (κ1) is 17.1. The summed E-state index contributed by atoms with van der Waals surface area (Å²) in [4.78, 5) is 23.8. The summed E-state index contributed by atoms with van der Waals surface area (Å²) in [5.41, 5.74) is -0.128. The quantitative estimate of drug-likeness (QED) is 0.838. The molecule has 0 aromatic heterocycles. The number of carbonyl (C=O) groups excluding carboxylic acids is 1. The molecule has 0 aliphatic carbocycles. The van der Waals surface area contributed by atoms with Crippen LogP contribution in [-0.4, -0.2) is 36.2 Å². The Morgan fingerprint density at radius 3 is 2.52 bits per heavy atom. The standard InChI is InChI=1S/C17H23NO5/c1-4-5-12(15(19)20)18-16(21)17(2,3)11-6-7-13-14(10-11)23-9-8-22-13/h6-7,10,12H,4-5,8-9H2,1-3H3,(H,18,21)(H,19,20). The maximum absolute atomic E-state index is 12.6. The molecule has 0 bridgehead atoms. The van der Waals surface area contributed by atoms with Crippen molar-refractivity contribution in [2.75, 3.05) is 13.2 Å². The summed E-state index contributed by atoms with van der Waals surface area (Å²) in [6, 6.07) is 4.50. The van der Waals surface area contributed by atoms with E-state index in [1.54, 1.807) is 26.0 Å². The number of carboxylic acid groups (broad SMARTS) is 1. The Morgan fingerprint density at radius 2 is 1.91 bits per heavy atom. The lowest BCUT2D eigenvalue weighted by molar-refractivity contribution is -0.142. The maximum atomic E-state index is 12.6. The van der Waals surface area contributed by atoms with Crippen LogP contribution in [-0.2, 0) is 15.0 Å². The first-order valence-electron chi connectivity index (χ1n) is 7.80. The Balaban J connectivity index is 2.19. The zero-order valence-electron chi connectivity index (χ0n) is 13.7. The second-order valence-corrected chi connectivity index (χ2v) is 6.14. The van der Waals surface area contributed by atoms with Gasteiger partial charge in [0.25, 0.3) is 0 Å². The van der Waals surface area contributed by atoms with E-state index < -0.39 is 17.4 Å². The number of hydrogen-bond acceptors (Lipinski definition) is 4. The van der Waals surface area contributed by atoms with Crippen LogP contribution in [0, 0.1) is 0 Å². The largest absolute Gasteiger partial charge is 0.486 e. The van der Waals surface area contributed by atoms with E-state index in [2.05, 4.69) is 5.32 Å². The molecule has 1 unspecified atom stereocenters. The third-order valence-corrected chi connectivity index (χ3v) is 4.01. The van der Waals surface area contributed by atoms with Crippen molar-refractivity contribution in [1.82, 2.24) is 5.32 Å². The molecule has 1 aliphatic rings. The molecule has 6 heteroatoms. The number of carboxylic acids is 1. The first-order chi connectivity index (χ1) is 10.9. The third kappa shape index (κ3) is 3.75. The molecular formula is C17H23NO5. The van der Waals surface area contributed by atoms with Gasteiger partial charge in [0.15, 0.2) is 11.5 Å². The van der Waals surface area contributed by atoms with E-state index >= 15 is 0 Å². The average molecular weight is 321 g/mol. The van der Waals surface area contributed by atoms with Crippen molar-refractivity contribution in [1.29, 1.82) is 0 Å². The second-order valence-electron chi connectivity index (χ2n) is 6.14. The predicted molar refractivity (Wildman–Crippen MR) is 84.9 cm³/mol. The molecule has 0 saturated heterocycles. The minimum Gasteiger partial charge on any atom is -0.486 e. The fourth-order valence-corrected chi connectivity index (χ4v) is 2.45. The van der Waals surface area contributed by atoms with Crippen LogP contribution in [0.5, 0.6) is 11.5 Å². The van der Waals surface area contributed by atoms with E-state index in [1.807, 2.05) is 13.0 Å². The number of aliphatic carboxylic acids is 1. The second kappa shape index (κ2) is 6.89. The molecule has 1 aliphatic heterocycles. The molecule has 1 heterocycles. The number of amides is 1. The summed E-state index contributed by atoms with van der Waals surface area (Å²) in [5, 5.41) is 11.8. The van der Waals surface area contributed by atoms with E-state index in [-0.39, 0.29) is 5.91 Å². The van der Waals surface area contributed by atoms with Gasteiger partial charge in [0.2, 0.25) is 5.91 Å². The number of fused-ring (bicyclic) bond motifs is 1. The van der Waals surface area contributed by atoms with Gasteiger partial charge in [-0.05, 0) is 38.0 Å². The lowest BCUT2D eigenvalue weighted by Gasteiger charge is -2.28. The summed E-state index contributed by atoms with van der Waals surface area (Å²) in [6.45, 7) is 6.39. The van der Waals surface area contributed by atoms with E-state index in [0.717, 1.165) is 5.56 Å². The van der Waals surface area contributed by atoms with Crippen molar-refractivity contribution in [3.63, 3.8) is 0 Å². The molecular weight excluding hydrogens is 298 g/mol. The molecule has 6 nitrogen and oxygen atoms in total. The Hall–Kier alpha value is -2.24. The number of rotatable bonds is 6. The molecule has 0 fully saturated rings. The molecule has 1 aromatic carbocycles. The highest BCUT2D eigenvalue weighted by Crippen LogP contribution is 2.35. The van der Waals surface area contributed by atoms with Crippen molar-refractivity contribution in [3.8, 4) is 11.5 Å². The van der Waals surface area contributed by atoms with Crippen molar-refractivity contribution < 1.29 is 24.2 Å². The highest BCUT2D eigenvalue weighted by Gasteiger charge is 2.33. The Morgan fingerprint density at radius 1 is 1.26 bits per heavy atom. The normalized spacial score (nSPS) is 14.9. The molecule has 1 atom stereocenters. The lowest BCUT2D eigenvalue weighted by Crippen LogP contribution is -2.48. The van der Waals surface area contributed by atoms with Gasteiger partial charge >= 0.3 is 5.97 Å². The Bertz CT molecular complexity index is 597. The van der Waals surface area contributed by atoms with Crippen molar-refractivity contribution in [2.24, 2.45) is 0 Å². The molecule has 2 rings (SSSR count).